The van der Waals surface area contributed by atoms with Gasteiger partial charge in [0.15, 0.2) is 0 Å². The summed E-state index contributed by atoms with van der Waals surface area (Å²) in [6.07, 6.45) is 3.59. The average Bonchev–Trinajstić information content (AvgIpc) is 3.20. The fourth-order valence-corrected chi connectivity index (χ4v) is 2.56. The molecule has 0 bridgehead atoms. The predicted molar refractivity (Wildman–Crippen MR) is 85.1 cm³/mol. The van der Waals surface area contributed by atoms with E-state index in [0.717, 1.165) is 11.4 Å². The van der Waals surface area contributed by atoms with Gasteiger partial charge in [0.2, 0.25) is 0 Å². The lowest BCUT2D eigenvalue weighted by Crippen LogP contribution is -2.16. The Kier molecular flexibility index (Phi) is 3.93. The van der Waals surface area contributed by atoms with E-state index < -0.39 is 0 Å². The second-order valence-corrected chi connectivity index (χ2v) is 5.26. The molecule has 4 nitrogen and oxygen atoms in total. The highest BCUT2D eigenvalue weighted by atomic mass is 32.1. The quantitative estimate of drug-likeness (QED) is 0.582. The number of carbonyl (C=O) groups excluding carboxylic acids is 1. The number of hydrogen-bond donors (Lipinski definition) is 1. The van der Waals surface area contributed by atoms with E-state index in [1.165, 1.54) is 11.3 Å². The molecule has 0 atom stereocenters. The highest BCUT2D eigenvalue weighted by molar-refractivity contribution is 7.12. The predicted octanol–water partition coefficient (Wildman–Crippen LogP) is 3.30. The third-order valence-corrected chi connectivity index (χ3v) is 3.79. The van der Waals surface area contributed by atoms with E-state index in [1.54, 1.807) is 12.3 Å². The summed E-state index contributed by atoms with van der Waals surface area (Å²) in [4.78, 5) is 12.4. The van der Waals surface area contributed by atoms with Crippen LogP contribution in [0, 0.1) is 0 Å². The second-order valence-electron chi connectivity index (χ2n) is 4.32. The van der Waals surface area contributed by atoms with Crippen molar-refractivity contribution in [2.75, 3.05) is 0 Å². The van der Waals surface area contributed by atoms with Crippen LogP contribution in [0.25, 0.3) is 5.69 Å². The number of aromatic nitrogens is 1. The van der Waals surface area contributed by atoms with Gasteiger partial charge in [-0.2, -0.15) is 5.10 Å². The standard InChI is InChI=1S/C16H13N3OS/c20-16(15-9-5-11-21-15)18-17-12-14-8-4-10-19(14)13-6-2-1-3-7-13/h1-12H,(H,18,20)/b17-12+. The van der Waals surface area contributed by atoms with E-state index in [-0.39, 0.29) is 5.91 Å². The maximum absolute atomic E-state index is 11.8. The highest BCUT2D eigenvalue weighted by Crippen LogP contribution is 2.11. The molecule has 5 heteroatoms. The average molecular weight is 295 g/mol. The third kappa shape index (κ3) is 3.09. The first kappa shape index (κ1) is 13.3. The lowest BCUT2D eigenvalue weighted by molar-refractivity contribution is 0.0959. The molecule has 3 rings (SSSR count). The number of benzene rings is 1. The van der Waals surface area contributed by atoms with Crippen LogP contribution in [0.15, 0.2) is 71.3 Å². The van der Waals surface area contributed by atoms with Gasteiger partial charge in [-0.3, -0.25) is 4.79 Å². The van der Waals surface area contributed by atoms with E-state index in [0.29, 0.717) is 4.88 Å². The fourth-order valence-electron chi connectivity index (χ4n) is 1.94. The van der Waals surface area contributed by atoms with Gasteiger partial charge in [-0.05, 0) is 35.7 Å². The molecule has 3 aromatic rings. The van der Waals surface area contributed by atoms with Crippen molar-refractivity contribution in [2.24, 2.45) is 5.10 Å². The Balaban J connectivity index is 1.73. The molecule has 0 aliphatic rings. The summed E-state index contributed by atoms with van der Waals surface area (Å²) in [6.45, 7) is 0. The Labute approximate surface area is 126 Å². The van der Waals surface area contributed by atoms with Crippen LogP contribution < -0.4 is 5.43 Å². The van der Waals surface area contributed by atoms with Gasteiger partial charge in [-0.1, -0.05) is 24.3 Å². The number of amides is 1. The molecule has 1 N–H and O–H groups in total. The van der Waals surface area contributed by atoms with Gasteiger partial charge in [0.1, 0.15) is 0 Å². The number of nitrogens with one attached hydrogen (secondary N) is 1. The van der Waals surface area contributed by atoms with Crippen LogP contribution in [-0.2, 0) is 0 Å². The molecule has 104 valence electrons. The molecule has 21 heavy (non-hydrogen) atoms. The lowest BCUT2D eigenvalue weighted by Gasteiger charge is -2.05. The van der Waals surface area contributed by atoms with Gasteiger partial charge < -0.3 is 4.57 Å². The monoisotopic (exact) mass is 295 g/mol. The number of para-hydroxylation sites is 1. The van der Waals surface area contributed by atoms with Crippen LogP contribution in [0.2, 0.25) is 0 Å². The molecule has 0 spiro atoms. The maximum Gasteiger partial charge on any atom is 0.281 e. The minimum Gasteiger partial charge on any atom is -0.316 e. The zero-order valence-electron chi connectivity index (χ0n) is 11.1. The number of hydrazone groups is 1. The first-order valence-electron chi connectivity index (χ1n) is 6.44. The number of thiophene rings is 1. The van der Waals surface area contributed by atoms with Crippen molar-refractivity contribution in [2.45, 2.75) is 0 Å². The van der Waals surface area contributed by atoms with Crippen LogP contribution >= 0.6 is 11.3 Å². The molecule has 0 fully saturated rings. The molecule has 0 unspecified atom stereocenters. The van der Waals surface area contributed by atoms with Crippen molar-refractivity contribution in [3.8, 4) is 5.69 Å². The molecule has 1 aromatic carbocycles. The molecule has 2 heterocycles. The summed E-state index contributed by atoms with van der Waals surface area (Å²) in [7, 11) is 0. The molecule has 0 saturated heterocycles. The van der Waals surface area contributed by atoms with Crippen LogP contribution in [0.4, 0.5) is 0 Å². The van der Waals surface area contributed by atoms with Gasteiger partial charge in [0.05, 0.1) is 16.8 Å². The third-order valence-electron chi connectivity index (χ3n) is 2.92. The molecule has 0 aliphatic heterocycles. The van der Waals surface area contributed by atoms with E-state index in [2.05, 4.69) is 10.5 Å². The topological polar surface area (TPSA) is 46.4 Å². The Bertz CT molecular complexity index is 745. The van der Waals surface area contributed by atoms with Gasteiger partial charge in [-0.15, -0.1) is 11.3 Å². The summed E-state index contributed by atoms with van der Waals surface area (Å²) >= 11 is 1.39. The van der Waals surface area contributed by atoms with Crippen LogP contribution in [0.1, 0.15) is 15.4 Å². The minimum atomic E-state index is -0.195. The summed E-state index contributed by atoms with van der Waals surface area (Å²) in [6, 6.07) is 17.4. The van der Waals surface area contributed by atoms with E-state index in [9.17, 15) is 4.79 Å². The number of carbonyl (C=O) groups is 1. The van der Waals surface area contributed by atoms with Crippen LogP contribution in [0.3, 0.4) is 0 Å². The molecular formula is C16H13N3OS. The van der Waals surface area contributed by atoms with Crippen molar-refractivity contribution in [3.63, 3.8) is 0 Å². The Hall–Kier alpha value is -2.66. The highest BCUT2D eigenvalue weighted by Gasteiger charge is 2.04. The van der Waals surface area contributed by atoms with E-state index in [1.807, 2.05) is 64.7 Å². The molecule has 1 amide bonds. The molecule has 0 saturated carbocycles. The first-order valence-corrected chi connectivity index (χ1v) is 7.32. The van der Waals surface area contributed by atoms with E-state index in [4.69, 9.17) is 0 Å². The maximum atomic E-state index is 11.8. The Morgan fingerprint density at radius 3 is 2.71 bits per heavy atom. The Morgan fingerprint density at radius 2 is 1.95 bits per heavy atom. The number of nitrogens with zero attached hydrogens (tertiary/aromatic N) is 2. The zero-order chi connectivity index (χ0) is 14.5. The zero-order valence-corrected chi connectivity index (χ0v) is 12.0. The van der Waals surface area contributed by atoms with Gasteiger partial charge in [-0.25, -0.2) is 5.43 Å². The van der Waals surface area contributed by atoms with Crippen molar-refractivity contribution >= 4 is 23.5 Å². The van der Waals surface area contributed by atoms with Gasteiger partial charge >= 0.3 is 0 Å². The van der Waals surface area contributed by atoms with E-state index >= 15 is 0 Å². The number of hydrogen-bond acceptors (Lipinski definition) is 3. The smallest absolute Gasteiger partial charge is 0.281 e. The summed E-state index contributed by atoms with van der Waals surface area (Å²) in [5, 5.41) is 5.88. The van der Waals surface area contributed by atoms with Crippen molar-refractivity contribution < 1.29 is 4.79 Å². The van der Waals surface area contributed by atoms with Gasteiger partial charge in [0.25, 0.3) is 5.91 Å². The van der Waals surface area contributed by atoms with Gasteiger partial charge in [0, 0.05) is 11.9 Å². The van der Waals surface area contributed by atoms with Crippen LogP contribution in [0.5, 0.6) is 0 Å². The van der Waals surface area contributed by atoms with Crippen molar-refractivity contribution in [1.29, 1.82) is 0 Å². The molecule has 0 radical (unpaired) electrons. The second kappa shape index (κ2) is 6.19. The SMILES string of the molecule is O=C(N/N=C/c1cccn1-c1ccccc1)c1cccs1. The summed E-state index contributed by atoms with van der Waals surface area (Å²) < 4.78 is 2.00. The number of rotatable bonds is 4. The fraction of sp³-hybridized carbons (Fsp3) is 0. The summed E-state index contributed by atoms with van der Waals surface area (Å²) in [5.41, 5.74) is 4.48. The largest absolute Gasteiger partial charge is 0.316 e. The summed E-state index contributed by atoms with van der Waals surface area (Å²) in [5.74, 6) is -0.195. The van der Waals surface area contributed by atoms with Crippen molar-refractivity contribution in [1.82, 2.24) is 9.99 Å². The molecular weight excluding hydrogens is 282 g/mol. The molecule has 0 aliphatic carbocycles. The minimum absolute atomic E-state index is 0.195. The van der Waals surface area contributed by atoms with Crippen LogP contribution in [-0.4, -0.2) is 16.7 Å². The first-order chi connectivity index (χ1) is 10.3. The lowest BCUT2D eigenvalue weighted by atomic mass is 10.3. The molecule has 2 aromatic heterocycles. The Morgan fingerprint density at radius 1 is 1.10 bits per heavy atom. The van der Waals surface area contributed by atoms with Crippen molar-refractivity contribution in [3.05, 3.63) is 76.7 Å². The normalized spacial score (nSPS) is 10.9.